The summed E-state index contributed by atoms with van der Waals surface area (Å²) in [5, 5.41) is 0. The highest BCUT2D eigenvalue weighted by atomic mass is 17.3. The van der Waals surface area contributed by atoms with Crippen LogP contribution >= 0.6 is 0 Å². The molecular formula is C14H30N2O2. The first-order chi connectivity index (χ1) is 9.00. The number of hydrogen-bond acceptors (Lipinski definition) is 4. The third kappa shape index (κ3) is 11.0. The Morgan fingerprint density at radius 3 is 1.67 bits per heavy atom. The summed E-state index contributed by atoms with van der Waals surface area (Å²) in [6.45, 7) is 1.61. The molecule has 1 aliphatic heterocycles. The fourth-order valence-corrected chi connectivity index (χ4v) is 2.29. The Kier molecular flexibility index (Phi) is 11.7. The second-order valence-corrected chi connectivity index (χ2v) is 5.18. The highest BCUT2D eigenvalue weighted by Gasteiger charge is 1.96. The summed E-state index contributed by atoms with van der Waals surface area (Å²) in [6, 6.07) is 0. The highest BCUT2D eigenvalue weighted by Crippen LogP contribution is 2.11. The van der Waals surface area contributed by atoms with Crippen molar-refractivity contribution in [2.24, 2.45) is 0 Å². The molecule has 108 valence electrons. The van der Waals surface area contributed by atoms with Gasteiger partial charge >= 0.3 is 0 Å². The maximum atomic E-state index is 5.01. The molecule has 4 nitrogen and oxygen atoms in total. The monoisotopic (exact) mass is 258 g/mol. The molecule has 1 fully saturated rings. The van der Waals surface area contributed by atoms with Crippen LogP contribution in [0.3, 0.4) is 0 Å². The fraction of sp³-hybridized carbons (Fsp3) is 1.00. The molecule has 0 spiro atoms. The second kappa shape index (κ2) is 13.3. The lowest BCUT2D eigenvalue weighted by Crippen LogP contribution is -2.32. The molecule has 0 radical (unpaired) electrons. The maximum Gasteiger partial charge on any atom is 0.0842 e. The van der Waals surface area contributed by atoms with Crippen LogP contribution in [0.15, 0.2) is 0 Å². The zero-order chi connectivity index (χ0) is 12.7. The molecule has 2 N–H and O–H groups in total. The van der Waals surface area contributed by atoms with Crippen LogP contribution in [0.2, 0.25) is 0 Å². The summed E-state index contributed by atoms with van der Waals surface area (Å²) in [4.78, 5) is 9.82. The minimum Gasteiger partial charge on any atom is -0.232 e. The lowest BCUT2D eigenvalue weighted by Gasteiger charge is -2.07. The van der Waals surface area contributed by atoms with Gasteiger partial charge in [-0.3, -0.25) is 0 Å². The zero-order valence-corrected chi connectivity index (χ0v) is 11.7. The van der Waals surface area contributed by atoms with Gasteiger partial charge in [0.05, 0.1) is 6.61 Å². The van der Waals surface area contributed by atoms with E-state index in [1.807, 2.05) is 0 Å². The van der Waals surface area contributed by atoms with E-state index in [1.165, 1.54) is 70.6 Å². The van der Waals surface area contributed by atoms with E-state index in [9.17, 15) is 0 Å². The SMILES string of the molecule is C1CCCCCCCOONNCCCCCC1. The standard InChI is InChI=1S/C14H30N2O2/c1-2-4-6-8-10-12-14-17-18-16-15-13-11-9-7-5-3-1/h15-16H,1-14H2. The Balaban J connectivity index is 2.00. The summed E-state index contributed by atoms with van der Waals surface area (Å²) in [6.07, 6.45) is 16.0. The summed E-state index contributed by atoms with van der Waals surface area (Å²) in [5.74, 6) is 0. The first-order valence-corrected chi connectivity index (χ1v) is 7.76. The van der Waals surface area contributed by atoms with Gasteiger partial charge in [0, 0.05) is 6.54 Å². The minimum atomic E-state index is 0.675. The fourth-order valence-electron chi connectivity index (χ4n) is 2.29. The van der Waals surface area contributed by atoms with Crippen LogP contribution < -0.4 is 11.0 Å². The molecule has 4 heteroatoms. The molecule has 18 heavy (non-hydrogen) atoms. The van der Waals surface area contributed by atoms with Crippen LogP contribution in [0.1, 0.15) is 77.0 Å². The molecule has 0 unspecified atom stereocenters. The molecule has 1 saturated heterocycles. The molecular weight excluding hydrogens is 228 g/mol. The van der Waals surface area contributed by atoms with Crippen molar-refractivity contribution in [3.05, 3.63) is 0 Å². The summed E-state index contributed by atoms with van der Waals surface area (Å²) < 4.78 is 0. The number of hydrazine groups is 1. The van der Waals surface area contributed by atoms with E-state index >= 15 is 0 Å². The molecule has 1 rings (SSSR count). The predicted molar refractivity (Wildman–Crippen MR) is 73.6 cm³/mol. The van der Waals surface area contributed by atoms with Gasteiger partial charge in [-0.15, -0.1) is 10.6 Å². The van der Waals surface area contributed by atoms with E-state index in [0.29, 0.717) is 6.61 Å². The van der Waals surface area contributed by atoms with Gasteiger partial charge in [-0.1, -0.05) is 64.2 Å². The van der Waals surface area contributed by atoms with Crippen molar-refractivity contribution in [1.82, 2.24) is 11.0 Å². The quantitative estimate of drug-likeness (QED) is 0.651. The highest BCUT2D eigenvalue weighted by molar-refractivity contribution is 4.49. The van der Waals surface area contributed by atoms with Gasteiger partial charge in [0.2, 0.25) is 0 Å². The van der Waals surface area contributed by atoms with E-state index in [0.717, 1.165) is 13.0 Å². The van der Waals surface area contributed by atoms with Crippen LogP contribution in [0.4, 0.5) is 0 Å². The summed E-state index contributed by atoms with van der Waals surface area (Å²) >= 11 is 0. The van der Waals surface area contributed by atoms with Crippen LogP contribution in [0, 0.1) is 0 Å². The molecule has 0 bridgehead atoms. The van der Waals surface area contributed by atoms with Gasteiger partial charge < -0.3 is 0 Å². The van der Waals surface area contributed by atoms with Crippen LogP contribution in [-0.2, 0) is 9.88 Å². The lowest BCUT2D eigenvalue weighted by molar-refractivity contribution is -0.345. The van der Waals surface area contributed by atoms with Crippen molar-refractivity contribution in [3.8, 4) is 0 Å². The van der Waals surface area contributed by atoms with E-state index < -0.39 is 0 Å². The lowest BCUT2D eigenvalue weighted by atomic mass is 10.1. The molecule has 0 aliphatic carbocycles. The molecule has 1 aliphatic rings. The Morgan fingerprint density at radius 2 is 1.06 bits per heavy atom. The number of nitrogens with one attached hydrogen (secondary N) is 2. The zero-order valence-electron chi connectivity index (χ0n) is 11.7. The van der Waals surface area contributed by atoms with Crippen molar-refractivity contribution in [2.45, 2.75) is 77.0 Å². The summed E-state index contributed by atoms with van der Waals surface area (Å²) in [5.41, 5.74) is 5.61. The number of hydrogen-bond donors (Lipinski definition) is 2. The smallest absolute Gasteiger partial charge is 0.0842 e. The van der Waals surface area contributed by atoms with Gasteiger partial charge in [-0.05, 0) is 12.8 Å². The minimum absolute atomic E-state index is 0.675. The Morgan fingerprint density at radius 1 is 0.556 bits per heavy atom. The molecule has 1 heterocycles. The third-order valence-electron chi connectivity index (χ3n) is 3.45. The van der Waals surface area contributed by atoms with Gasteiger partial charge in [0.15, 0.2) is 0 Å². The van der Waals surface area contributed by atoms with Crippen LogP contribution in [0.5, 0.6) is 0 Å². The van der Waals surface area contributed by atoms with Crippen LogP contribution in [0.25, 0.3) is 0 Å². The Bertz CT molecular complexity index is 92.8. The van der Waals surface area contributed by atoms with E-state index in [2.05, 4.69) is 11.0 Å². The van der Waals surface area contributed by atoms with Gasteiger partial charge in [-0.2, -0.15) is 0 Å². The molecule has 0 amide bonds. The maximum absolute atomic E-state index is 5.01. The Labute approximate surface area is 112 Å². The molecule has 0 aromatic rings. The van der Waals surface area contributed by atoms with Crippen molar-refractivity contribution in [3.63, 3.8) is 0 Å². The van der Waals surface area contributed by atoms with Gasteiger partial charge in [0.25, 0.3) is 0 Å². The topological polar surface area (TPSA) is 42.5 Å². The average Bonchev–Trinajstić information content (AvgIpc) is 2.39. The van der Waals surface area contributed by atoms with Crippen molar-refractivity contribution in [1.29, 1.82) is 0 Å². The molecule has 0 aromatic heterocycles. The Hall–Kier alpha value is -0.160. The van der Waals surface area contributed by atoms with Gasteiger partial charge in [0.1, 0.15) is 0 Å². The average molecular weight is 258 g/mol. The normalized spacial score (nSPS) is 24.0. The summed E-state index contributed by atoms with van der Waals surface area (Å²) in [7, 11) is 0. The van der Waals surface area contributed by atoms with Crippen molar-refractivity contribution >= 4 is 0 Å². The van der Waals surface area contributed by atoms with E-state index in [-0.39, 0.29) is 0 Å². The largest absolute Gasteiger partial charge is 0.232 e. The predicted octanol–water partition coefficient (Wildman–Crippen LogP) is 3.64. The first-order valence-electron chi connectivity index (χ1n) is 7.76. The van der Waals surface area contributed by atoms with Gasteiger partial charge in [-0.25, -0.2) is 10.3 Å². The van der Waals surface area contributed by atoms with E-state index in [1.54, 1.807) is 0 Å². The number of rotatable bonds is 0. The molecule has 0 saturated carbocycles. The molecule has 0 aromatic carbocycles. The van der Waals surface area contributed by atoms with E-state index in [4.69, 9.17) is 9.88 Å². The van der Waals surface area contributed by atoms with Crippen molar-refractivity contribution < 1.29 is 9.88 Å². The van der Waals surface area contributed by atoms with Crippen molar-refractivity contribution in [2.75, 3.05) is 13.2 Å². The first kappa shape index (κ1) is 15.9. The third-order valence-corrected chi connectivity index (χ3v) is 3.45. The van der Waals surface area contributed by atoms with Crippen LogP contribution in [-0.4, -0.2) is 13.2 Å². The second-order valence-electron chi connectivity index (χ2n) is 5.18. The molecule has 0 atom stereocenters.